The molecule has 1 N–H and O–H groups in total. The molecule has 2 aliphatic rings. The zero-order valence-corrected chi connectivity index (χ0v) is 16.3. The van der Waals surface area contributed by atoms with Gasteiger partial charge >= 0.3 is 5.97 Å². The zero-order valence-electron chi connectivity index (χ0n) is 16.3. The van der Waals surface area contributed by atoms with Gasteiger partial charge in [0, 0.05) is 24.5 Å². The van der Waals surface area contributed by atoms with E-state index >= 15 is 0 Å². The molecule has 4 rings (SSSR count). The summed E-state index contributed by atoms with van der Waals surface area (Å²) in [6, 6.07) is 13.8. The average Bonchev–Trinajstić information content (AvgIpc) is 3.37. The number of benzene rings is 2. The minimum atomic E-state index is -0.830. The summed E-state index contributed by atoms with van der Waals surface area (Å²) in [4.78, 5) is 51.7. The minimum absolute atomic E-state index is 0.255. The Kier molecular flexibility index (Phi) is 5.47. The maximum Gasteiger partial charge on any atom is 0.326 e. The molecule has 1 fully saturated rings. The Morgan fingerprint density at radius 3 is 2.10 bits per heavy atom. The number of rotatable bonds is 6. The lowest BCUT2D eigenvalue weighted by atomic mass is 10.1. The molecule has 2 aromatic carbocycles. The first-order valence-corrected chi connectivity index (χ1v) is 9.78. The lowest BCUT2D eigenvalue weighted by molar-refractivity contribution is -0.147. The fourth-order valence-electron chi connectivity index (χ4n) is 3.63. The summed E-state index contributed by atoms with van der Waals surface area (Å²) < 4.78 is 4.93. The summed E-state index contributed by atoms with van der Waals surface area (Å²) in [5.41, 5.74) is 2.22. The molecule has 0 aliphatic carbocycles. The molecular weight excluding hydrogens is 386 g/mol. The molecule has 2 heterocycles. The monoisotopic (exact) mass is 407 g/mol. The number of hydrogen-bond donors (Lipinski definition) is 1. The van der Waals surface area contributed by atoms with Crippen LogP contribution in [0.15, 0.2) is 48.5 Å². The van der Waals surface area contributed by atoms with Gasteiger partial charge in [0.05, 0.1) is 11.1 Å². The molecule has 0 spiro atoms. The topological polar surface area (TPSA) is 96.0 Å². The molecule has 0 atom stereocenters. The van der Waals surface area contributed by atoms with Crippen LogP contribution in [0.2, 0.25) is 0 Å². The quantitative estimate of drug-likeness (QED) is 0.582. The Bertz CT molecular complexity index is 961. The van der Waals surface area contributed by atoms with Gasteiger partial charge in [-0.1, -0.05) is 12.1 Å². The van der Waals surface area contributed by atoms with Crippen molar-refractivity contribution in [1.82, 2.24) is 4.90 Å². The van der Waals surface area contributed by atoms with E-state index in [2.05, 4.69) is 10.2 Å². The Morgan fingerprint density at radius 2 is 1.50 bits per heavy atom. The molecule has 30 heavy (non-hydrogen) atoms. The van der Waals surface area contributed by atoms with E-state index in [0.717, 1.165) is 23.7 Å². The lowest BCUT2D eigenvalue weighted by Crippen LogP contribution is -2.36. The van der Waals surface area contributed by atoms with Crippen molar-refractivity contribution in [3.8, 4) is 0 Å². The van der Waals surface area contributed by atoms with Crippen LogP contribution in [0.3, 0.4) is 0 Å². The van der Waals surface area contributed by atoms with Gasteiger partial charge in [0.2, 0.25) is 0 Å². The lowest BCUT2D eigenvalue weighted by Gasteiger charge is -2.17. The van der Waals surface area contributed by atoms with Crippen LogP contribution in [-0.2, 0) is 14.3 Å². The minimum Gasteiger partial charge on any atom is -0.454 e. The maximum atomic E-state index is 12.3. The molecule has 2 aliphatic heterocycles. The van der Waals surface area contributed by atoms with Crippen molar-refractivity contribution in [3.63, 3.8) is 0 Å². The van der Waals surface area contributed by atoms with Crippen LogP contribution in [0.1, 0.15) is 33.6 Å². The fraction of sp³-hybridized carbons (Fsp3) is 0.273. The van der Waals surface area contributed by atoms with E-state index in [-0.39, 0.29) is 11.1 Å². The standard InChI is InChI=1S/C22H21N3O5/c26-19(23-15-7-9-16(10-8-15)24-11-3-4-12-24)14-30-20(27)13-25-21(28)17-5-1-2-6-18(17)22(25)29/h1-2,5-10H,3-4,11-14H2,(H,23,26). The van der Waals surface area contributed by atoms with Gasteiger partial charge < -0.3 is 15.0 Å². The van der Waals surface area contributed by atoms with Crippen molar-refractivity contribution < 1.29 is 23.9 Å². The number of carbonyl (C=O) groups is 4. The predicted molar refractivity (Wildman–Crippen MR) is 109 cm³/mol. The molecular formula is C22H21N3O5. The largest absolute Gasteiger partial charge is 0.454 e. The highest BCUT2D eigenvalue weighted by atomic mass is 16.5. The summed E-state index contributed by atoms with van der Waals surface area (Å²) in [6.45, 7) is 1.03. The van der Waals surface area contributed by atoms with E-state index < -0.39 is 36.8 Å². The number of nitrogens with one attached hydrogen (secondary N) is 1. The summed E-state index contributed by atoms with van der Waals surface area (Å²) in [5, 5.41) is 2.66. The molecule has 1 saturated heterocycles. The van der Waals surface area contributed by atoms with E-state index in [1.54, 1.807) is 24.3 Å². The first-order valence-electron chi connectivity index (χ1n) is 9.78. The van der Waals surface area contributed by atoms with E-state index in [4.69, 9.17) is 4.74 Å². The Labute approximate surface area is 173 Å². The molecule has 154 valence electrons. The normalized spacial score (nSPS) is 15.3. The van der Waals surface area contributed by atoms with Crippen molar-refractivity contribution in [2.45, 2.75) is 12.8 Å². The molecule has 0 unspecified atom stereocenters. The highest BCUT2D eigenvalue weighted by Gasteiger charge is 2.36. The number of amides is 3. The highest BCUT2D eigenvalue weighted by Crippen LogP contribution is 2.23. The molecule has 8 nitrogen and oxygen atoms in total. The zero-order chi connectivity index (χ0) is 21.1. The smallest absolute Gasteiger partial charge is 0.326 e. The van der Waals surface area contributed by atoms with Gasteiger partial charge in [-0.25, -0.2) is 0 Å². The Morgan fingerprint density at radius 1 is 0.900 bits per heavy atom. The van der Waals surface area contributed by atoms with Gasteiger partial charge in [-0.3, -0.25) is 24.1 Å². The summed E-state index contributed by atoms with van der Waals surface area (Å²) in [7, 11) is 0. The van der Waals surface area contributed by atoms with Crippen LogP contribution >= 0.6 is 0 Å². The van der Waals surface area contributed by atoms with Crippen LogP contribution in [0.25, 0.3) is 0 Å². The Hall–Kier alpha value is -3.68. The molecule has 3 amide bonds. The van der Waals surface area contributed by atoms with Crippen molar-refractivity contribution in [3.05, 3.63) is 59.7 Å². The van der Waals surface area contributed by atoms with Gasteiger partial charge in [-0.2, -0.15) is 0 Å². The average molecular weight is 407 g/mol. The second kappa shape index (κ2) is 8.36. The molecule has 0 bridgehead atoms. The number of carbonyl (C=O) groups excluding carboxylic acids is 4. The Balaban J connectivity index is 1.25. The second-order valence-corrected chi connectivity index (χ2v) is 7.19. The van der Waals surface area contributed by atoms with Gasteiger partial charge in [0.25, 0.3) is 17.7 Å². The third kappa shape index (κ3) is 4.03. The SMILES string of the molecule is O=C(COC(=O)CN1C(=O)c2ccccc2C1=O)Nc1ccc(N2CCCC2)cc1. The van der Waals surface area contributed by atoms with Gasteiger partial charge in [0.15, 0.2) is 6.61 Å². The molecule has 0 radical (unpaired) electrons. The number of esters is 1. The van der Waals surface area contributed by atoms with Gasteiger partial charge in [0.1, 0.15) is 6.54 Å². The third-order valence-corrected chi connectivity index (χ3v) is 5.15. The molecule has 0 aromatic heterocycles. The summed E-state index contributed by atoms with van der Waals surface area (Å²) in [5.74, 6) is -2.42. The number of hydrogen-bond acceptors (Lipinski definition) is 6. The maximum absolute atomic E-state index is 12.3. The summed E-state index contributed by atoms with van der Waals surface area (Å²) >= 11 is 0. The summed E-state index contributed by atoms with van der Waals surface area (Å²) in [6.07, 6.45) is 2.37. The van der Waals surface area contributed by atoms with Gasteiger partial charge in [-0.05, 0) is 49.2 Å². The van der Waals surface area contributed by atoms with E-state index in [0.29, 0.717) is 5.69 Å². The predicted octanol–water partition coefficient (Wildman–Crippen LogP) is 2.06. The first kappa shape index (κ1) is 19.6. The first-order chi connectivity index (χ1) is 14.5. The van der Waals surface area contributed by atoms with Crippen molar-refractivity contribution in [2.24, 2.45) is 0 Å². The molecule has 0 saturated carbocycles. The number of ether oxygens (including phenoxy) is 1. The number of fused-ring (bicyclic) bond motifs is 1. The van der Waals surface area contributed by atoms with Crippen LogP contribution in [0, 0.1) is 0 Å². The molecule has 2 aromatic rings. The van der Waals surface area contributed by atoms with E-state index in [9.17, 15) is 19.2 Å². The van der Waals surface area contributed by atoms with Crippen LogP contribution < -0.4 is 10.2 Å². The molecule has 8 heteroatoms. The van der Waals surface area contributed by atoms with Crippen molar-refractivity contribution >= 4 is 35.1 Å². The number of anilines is 2. The van der Waals surface area contributed by atoms with Crippen LogP contribution in [0.5, 0.6) is 0 Å². The fourth-order valence-corrected chi connectivity index (χ4v) is 3.63. The van der Waals surface area contributed by atoms with Crippen molar-refractivity contribution in [2.75, 3.05) is 36.5 Å². The highest BCUT2D eigenvalue weighted by molar-refractivity contribution is 6.22. The number of nitrogens with zero attached hydrogens (tertiary/aromatic N) is 2. The van der Waals surface area contributed by atoms with E-state index in [1.165, 1.54) is 25.0 Å². The van der Waals surface area contributed by atoms with E-state index in [1.807, 2.05) is 12.1 Å². The second-order valence-electron chi connectivity index (χ2n) is 7.19. The van der Waals surface area contributed by atoms with Crippen LogP contribution in [0.4, 0.5) is 11.4 Å². The van der Waals surface area contributed by atoms with Crippen molar-refractivity contribution in [1.29, 1.82) is 0 Å². The van der Waals surface area contributed by atoms with Gasteiger partial charge in [-0.15, -0.1) is 0 Å². The number of imide groups is 1. The van der Waals surface area contributed by atoms with Crippen LogP contribution in [-0.4, -0.2) is 54.8 Å². The third-order valence-electron chi connectivity index (χ3n) is 5.15.